The molecule has 0 spiro atoms. The fourth-order valence-electron chi connectivity index (χ4n) is 3.54. The molecule has 1 heterocycles. The van der Waals surface area contributed by atoms with Crippen LogP contribution in [0.3, 0.4) is 0 Å². The fourth-order valence-corrected chi connectivity index (χ4v) is 3.54. The van der Waals surface area contributed by atoms with Crippen molar-refractivity contribution in [2.24, 2.45) is 0 Å². The molecule has 1 atom stereocenters. The Balaban J connectivity index is 1.22. The quantitative estimate of drug-likeness (QED) is 0.739. The van der Waals surface area contributed by atoms with Gasteiger partial charge in [-0.2, -0.15) is 0 Å². The number of piperazine rings is 1. The largest absolute Gasteiger partial charge is 0.493 e. The molecule has 2 fully saturated rings. The Morgan fingerprint density at radius 3 is 2.61 bits per heavy atom. The van der Waals surface area contributed by atoms with Crippen LogP contribution in [0.5, 0.6) is 5.75 Å². The molecule has 4 rings (SSSR count). The Kier molecular flexibility index (Phi) is 6.24. The predicted molar refractivity (Wildman–Crippen MR) is 110 cm³/mol. The number of carbonyl (C=O) groups excluding carboxylic acids is 1. The normalized spacial score (nSPS) is 19.9. The molecular formula is C23H29N3O2. The molecule has 1 saturated carbocycles. The van der Waals surface area contributed by atoms with E-state index in [1.807, 2.05) is 18.2 Å². The van der Waals surface area contributed by atoms with Crippen molar-refractivity contribution >= 4 is 5.91 Å². The Labute approximate surface area is 167 Å². The van der Waals surface area contributed by atoms with Gasteiger partial charge in [-0.3, -0.25) is 9.69 Å². The van der Waals surface area contributed by atoms with Gasteiger partial charge in [0.15, 0.2) is 0 Å². The summed E-state index contributed by atoms with van der Waals surface area (Å²) in [7, 11) is 0. The average molecular weight is 380 g/mol. The van der Waals surface area contributed by atoms with E-state index in [4.69, 9.17) is 4.74 Å². The van der Waals surface area contributed by atoms with E-state index in [0.29, 0.717) is 12.6 Å². The van der Waals surface area contributed by atoms with Crippen molar-refractivity contribution in [1.29, 1.82) is 0 Å². The molecular weight excluding hydrogens is 350 g/mol. The Hall–Kier alpha value is -2.37. The lowest BCUT2D eigenvalue weighted by Crippen LogP contribution is -2.57. The van der Waals surface area contributed by atoms with Gasteiger partial charge in [0.2, 0.25) is 5.91 Å². The summed E-state index contributed by atoms with van der Waals surface area (Å²) in [5, 5.41) is 6.44. The molecule has 2 aromatic carbocycles. The standard InChI is InChI=1S/C23H29N3O2/c27-23(25-20-8-9-20)22-17-26(14-13-24-22)16-19-6-10-21(11-7-19)28-15-12-18-4-2-1-3-5-18/h1-7,10-11,20,22,24H,8-9,12-17H2,(H,25,27). The van der Waals surface area contributed by atoms with Crippen molar-refractivity contribution in [2.75, 3.05) is 26.2 Å². The van der Waals surface area contributed by atoms with Crippen LogP contribution in [0.1, 0.15) is 24.0 Å². The van der Waals surface area contributed by atoms with Crippen LogP contribution in [-0.4, -0.2) is 49.1 Å². The van der Waals surface area contributed by atoms with Crippen molar-refractivity contribution < 1.29 is 9.53 Å². The first-order valence-corrected chi connectivity index (χ1v) is 10.3. The van der Waals surface area contributed by atoms with Gasteiger partial charge in [-0.05, 0) is 36.1 Å². The fraction of sp³-hybridized carbons (Fsp3) is 0.435. The van der Waals surface area contributed by atoms with Crippen LogP contribution >= 0.6 is 0 Å². The van der Waals surface area contributed by atoms with E-state index in [2.05, 4.69) is 51.9 Å². The maximum Gasteiger partial charge on any atom is 0.238 e. The maximum atomic E-state index is 12.3. The number of rotatable bonds is 8. The van der Waals surface area contributed by atoms with Crippen molar-refractivity contribution in [3.8, 4) is 5.75 Å². The molecule has 0 aromatic heterocycles. The smallest absolute Gasteiger partial charge is 0.238 e. The van der Waals surface area contributed by atoms with E-state index >= 15 is 0 Å². The van der Waals surface area contributed by atoms with Crippen LogP contribution in [0.25, 0.3) is 0 Å². The highest BCUT2D eigenvalue weighted by molar-refractivity contribution is 5.82. The highest BCUT2D eigenvalue weighted by atomic mass is 16.5. The van der Waals surface area contributed by atoms with E-state index in [9.17, 15) is 4.79 Å². The van der Waals surface area contributed by atoms with Gasteiger partial charge in [0.1, 0.15) is 5.75 Å². The summed E-state index contributed by atoms with van der Waals surface area (Å²) in [5.74, 6) is 1.05. The molecule has 5 heteroatoms. The first kappa shape index (κ1) is 19.0. The summed E-state index contributed by atoms with van der Waals surface area (Å²) in [4.78, 5) is 14.6. The molecule has 1 aliphatic carbocycles. The third-order valence-electron chi connectivity index (χ3n) is 5.33. The lowest BCUT2D eigenvalue weighted by Gasteiger charge is -2.33. The molecule has 2 aromatic rings. The zero-order valence-corrected chi connectivity index (χ0v) is 16.3. The van der Waals surface area contributed by atoms with Crippen LogP contribution in [0.2, 0.25) is 0 Å². The lowest BCUT2D eigenvalue weighted by atomic mass is 10.1. The number of nitrogens with zero attached hydrogens (tertiary/aromatic N) is 1. The third-order valence-corrected chi connectivity index (χ3v) is 5.33. The van der Waals surface area contributed by atoms with Gasteiger partial charge in [-0.1, -0.05) is 42.5 Å². The van der Waals surface area contributed by atoms with Gasteiger partial charge >= 0.3 is 0 Å². The van der Waals surface area contributed by atoms with Crippen molar-refractivity contribution in [2.45, 2.75) is 37.9 Å². The Bertz CT molecular complexity index is 759. The van der Waals surface area contributed by atoms with E-state index in [0.717, 1.165) is 51.2 Å². The summed E-state index contributed by atoms with van der Waals surface area (Å²) >= 11 is 0. The molecule has 1 aliphatic heterocycles. The van der Waals surface area contributed by atoms with Gasteiger partial charge in [-0.15, -0.1) is 0 Å². The molecule has 2 N–H and O–H groups in total. The lowest BCUT2D eigenvalue weighted by molar-refractivity contribution is -0.124. The monoisotopic (exact) mass is 379 g/mol. The molecule has 0 bridgehead atoms. The van der Waals surface area contributed by atoms with Crippen LogP contribution in [-0.2, 0) is 17.8 Å². The van der Waals surface area contributed by atoms with E-state index < -0.39 is 0 Å². The molecule has 2 aliphatic rings. The highest BCUT2D eigenvalue weighted by Crippen LogP contribution is 2.19. The maximum absolute atomic E-state index is 12.3. The van der Waals surface area contributed by atoms with Crippen LogP contribution < -0.4 is 15.4 Å². The first-order chi connectivity index (χ1) is 13.8. The van der Waals surface area contributed by atoms with Crippen molar-refractivity contribution in [3.63, 3.8) is 0 Å². The summed E-state index contributed by atoms with van der Waals surface area (Å²) in [6.07, 6.45) is 3.16. The van der Waals surface area contributed by atoms with Crippen molar-refractivity contribution in [1.82, 2.24) is 15.5 Å². The molecule has 1 saturated heterocycles. The van der Waals surface area contributed by atoms with E-state index in [-0.39, 0.29) is 11.9 Å². The van der Waals surface area contributed by atoms with Gasteiger partial charge in [0.25, 0.3) is 0 Å². The topological polar surface area (TPSA) is 53.6 Å². The summed E-state index contributed by atoms with van der Waals surface area (Å²) in [6, 6.07) is 19.0. The summed E-state index contributed by atoms with van der Waals surface area (Å²) in [6.45, 7) is 4.11. The number of hydrogen-bond donors (Lipinski definition) is 2. The summed E-state index contributed by atoms with van der Waals surface area (Å²) < 4.78 is 5.87. The number of nitrogens with one attached hydrogen (secondary N) is 2. The minimum Gasteiger partial charge on any atom is -0.493 e. The highest BCUT2D eigenvalue weighted by Gasteiger charge is 2.30. The molecule has 0 radical (unpaired) electrons. The molecule has 1 amide bonds. The third kappa shape index (κ3) is 5.57. The first-order valence-electron chi connectivity index (χ1n) is 10.3. The molecule has 5 nitrogen and oxygen atoms in total. The van der Waals surface area contributed by atoms with Gasteiger partial charge in [0.05, 0.1) is 12.6 Å². The number of amides is 1. The van der Waals surface area contributed by atoms with Crippen LogP contribution in [0, 0.1) is 0 Å². The Morgan fingerprint density at radius 2 is 1.86 bits per heavy atom. The van der Waals surface area contributed by atoms with Gasteiger partial charge in [0, 0.05) is 38.6 Å². The minimum absolute atomic E-state index is 0.102. The zero-order chi connectivity index (χ0) is 19.2. The van der Waals surface area contributed by atoms with Crippen LogP contribution in [0.15, 0.2) is 54.6 Å². The van der Waals surface area contributed by atoms with Crippen molar-refractivity contribution in [3.05, 3.63) is 65.7 Å². The second-order valence-electron chi connectivity index (χ2n) is 7.75. The Morgan fingerprint density at radius 1 is 1.07 bits per heavy atom. The SMILES string of the molecule is O=C(NC1CC1)C1CN(Cc2ccc(OCCc3ccccc3)cc2)CCN1. The summed E-state index contributed by atoms with van der Waals surface area (Å²) in [5.41, 5.74) is 2.54. The van der Waals surface area contributed by atoms with Crippen LogP contribution in [0.4, 0.5) is 0 Å². The average Bonchev–Trinajstić information content (AvgIpc) is 3.54. The van der Waals surface area contributed by atoms with Gasteiger partial charge < -0.3 is 15.4 Å². The molecule has 28 heavy (non-hydrogen) atoms. The van der Waals surface area contributed by atoms with E-state index in [1.165, 1.54) is 11.1 Å². The van der Waals surface area contributed by atoms with E-state index in [1.54, 1.807) is 0 Å². The number of ether oxygens (including phenoxy) is 1. The predicted octanol–water partition coefficient (Wildman–Crippen LogP) is 2.36. The molecule has 1 unspecified atom stereocenters. The number of carbonyl (C=O) groups is 1. The zero-order valence-electron chi connectivity index (χ0n) is 16.3. The number of hydrogen-bond acceptors (Lipinski definition) is 4. The molecule has 148 valence electrons. The minimum atomic E-state index is -0.102. The second kappa shape index (κ2) is 9.22. The van der Waals surface area contributed by atoms with Gasteiger partial charge in [-0.25, -0.2) is 0 Å². The second-order valence-corrected chi connectivity index (χ2v) is 7.75. The number of benzene rings is 2.